The molecule has 1 N–H and O–H groups in total. The van der Waals surface area contributed by atoms with E-state index in [1.807, 2.05) is 6.07 Å². The molecular formula is C15H17NO4. The summed E-state index contributed by atoms with van der Waals surface area (Å²) in [6.07, 6.45) is 0.0410. The van der Waals surface area contributed by atoms with E-state index in [1.165, 1.54) is 0 Å². The summed E-state index contributed by atoms with van der Waals surface area (Å²) in [7, 11) is 0. The number of aliphatic carboxylic acids is 1. The summed E-state index contributed by atoms with van der Waals surface area (Å²) < 4.78 is 0. The van der Waals surface area contributed by atoms with Crippen LogP contribution in [0.25, 0.3) is 0 Å². The Labute approximate surface area is 117 Å². The van der Waals surface area contributed by atoms with Crippen molar-refractivity contribution in [3.05, 3.63) is 35.9 Å². The van der Waals surface area contributed by atoms with E-state index in [4.69, 9.17) is 0 Å². The molecule has 5 heteroatoms. The van der Waals surface area contributed by atoms with E-state index in [1.54, 1.807) is 38.1 Å². The highest BCUT2D eigenvalue weighted by Crippen LogP contribution is 2.32. The molecule has 0 aromatic heterocycles. The van der Waals surface area contributed by atoms with Crippen LogP contribution in [0, 0.1) is 5.92 Å². The summed E-state index contributed by atoms with van der Waals surface area (Å²) in [6.45, 7) is 3.38. The average molecular weight is 275 g/mol. The highest BCUT2D eigenvalue weighted by Gasteiger charge is 2.46. The molecule has 0 radical (unpaired) electrons. The zero-order valence-electron chi connectivity index (χ0n) is 11.4. The van der Waals surface area contributed by atoms with E-state index in [0.717, 1.165) is 10.5 Å². The van der Waals surface area contributed by atoms with Crippen LogP contribution in [0.4, 0.5) is 0 Å². The zero-order chi connectivity index (χ0) is 14.9. The molecule has 1 aliphatic rings. The highest BCUT2D eigenvalue weighted by atomic mass is 16.4. The van der Waals surface area contributed by atoms with E-state index in [2.05, 4.69) is 0 Å². The molecule has 2 unspecified atom stereocenters. The zero-order valence-corrected chi connectivity index (χ0v) is 11.4. The number of rotatable bonds is 4. The van der Waals surface area contributed by atoms with Crippen LogP contribution in [0.15, 0.2) is 30.3 Å². The second kappa shape index (κ2) is 5.45. The highest BCUT2D eigenvalue weighted by molar-refractivity contribution is 6.08. The molecule has 0 spiro atoms. The first kappa shape index (κ1) is 14.2. The molecule has 1 fully saturated rings. The van der Waals surface area contributed by atoms with Crippen molar-refractivity contribution in [2.45, 2.75) is 32.2 Å². The second-order valence-electron chi connectivity index (χ2n) is 5.30. The van der Waals surface area contributed by atoms with Crippen LogP contribution in [-0.4, -0.2) is 33.8 Å². The Kier molecular flexibility index (Phi) is 3.88. The van der Waals surface area contributed by atoms with Gasteiger partial charge in [0.1, 0.15) is 6.04 Å². The molecule has 1 aromatic carbocycles. The molecule has 2 atom stereocenters. The van der Waals surface area contributed by atoms with Crippen LogP contribution < -0.4 is 0 Å². The molecule has 0 bridgehead atoms. The molecular weight excluding hydrogens is 258 g/mol. The summed E-state index contributed by atoms with van der Waals surface area (Å²) in [4.78, 5) is 36.7. The average Bonchev–Trinajstić information content (AvgIpc) is 2.67. The predicted octanol–water partition coefficient (Wildman–Crippen LogP) is 1.64. The number of carbonyl (C=O) groups is 3. The molecule has 1 aromatic rings. The number of nitrogens with zero attached hydrogens (tertiary/aromatic N) is 1. The Morgan fingerprint density at radius 2 is 1.85 bits per heavy atom. The number of hydrogen-bond donors (Lipinski definition) is 1. The van der Waals surface area contributed by atoms with Gasteiger partial charge in [-0.25, -0.2) is 4.79 Å². The minimum atomic E-state index is -1.14. The minimum absolute atomic E-state index is 0.0410. The van der Waals surface area contributed by atoms with Crippen molar-refractivity contribution in [3.63, 3.8) is 0 Å². The lowest BCUT2D eigenvalue weighted by molar-refractivity contribution is -0.156. The number of carboxylic acids is 1. The van der Waals surface area contributed by atoms with Gasteiger partial charge in [0.15, 0.2) is 0 Å². The third kappa shape index (κ3) is 2.43. The van der Waals surface area contributed by atoms with E-state index in [0.29, 0.717) is 0 Å². The van der Waals surface area contributed by atoms with Gasteiger partial charge in [0, 0.05) is 6.42 Å². The number of imide groups is 1. The van der Waals surface area contributed by atoms with Crippen LogP contribution in [0.5, 0.6) is 0 Å². The maximum atomic E-state index is 12.4. The monoisotopic (exact) mass is 275 g/mol. The summed E-state index contributed by atoms with van der Waals surface area (Å²) in [5, 5.41) is 9.25. The Bertz CT molecular complexity index is 538. The van der Waals surface area contributed by atoms with E-state index in [9.17, 15) is 19.5 Å². The topological polar surface area (TPSA) is 74.7 Å². The summed E-state index contributed by atoms with van der Waals surface area (Å²) in [5.74, 6) is -2.86. The first-order valence-corrected chi connectivity index (χ1v) is 6.57. The third-order valence-corrected chi connectivity index (χ3v) is 3.55. The number of likely N-dealkylation sites (tertiary alicyclic amines) is 1. The third-order valence-electron chi connectivity index (χ3n) is 3.55. The maximum absolute atomic E-state index is 12.4. The Morgan fingerprint density at radius 3 is 2.35 bits per heavy atom. The first-order valence-electron chi connectivity index (χ1n) is 6.57. The quantitative estimate of drug-likeness (QED) is 0.848. The summed E-state index contributed by atoms with van der Waals surface area (Å²) in [5.41, 5.74) is 0.751. The van der Waals surface area contributed by atoms with Gasteiger partial charge in [-0.05, 0) is 11.5 Å². The van der Waals surface area contributed by atoms with Gasteiger partial charge in [-0.15, -0.1) is 0 Å². The van der Waals surface area contributed by atoms with Gasteiger partial charge in [0.05, 0.1) is 5.92 Å². The predicted molar refractivity (Wildman–Crippen MR) is 71.9 cm³/mol. The van der Waals surface area contributed by atoms with Gasteiger partial charge >= 0.3 is 5.97 Å². The summed E-state index contributed by atoms with van der Waals surface area (Å²) in [6, 6.07) is 7.90. The van der Waals surface area contributed by atoms with E-state index >= 15 is 0 Å². The van der Waals surface area contributed by atoms with Crippen LogP contribution in [0.3, 0.4) is 0 Å². The lowest BCUT2D eigenvalue weighted by Gasteiger charge is -2.26. The second-order valence-corrected chi connectivity index (χ2v) is 5.30. The smallest absolute Gasteiger partial charge is 0.327 e. The number of benzene rings is 1. The normalized spacial score (nSPS) is 20.6. The summed E-state index contributed by atoms with van der Waals surface area (Å²) >= 11 is 0. The van der Waals surface area contributed by atoms with Gasteiger partial charge in [-0.2, -0.15) is 0 Å². The Hall–Kier alpha value is -2.17. The van der Waals surface area contributed by atoms with Gasteiger partial charge < -0.3 is 5.11 Å². The first-order chi connectivity index (χ1) is 9.43. The lowest BCUT2D eigenvalue weighted by Crippen LogP contribution is -2.48. The Morgan fingerprint density at radius 1 is 1.25 bits per heavy atom. The molecule has 2 amide bonds. The molecule has 0 saturated carbocycles. The fourth-order valence-electron chi connectivity index (χ4n) is 2.58. The number of hydrogen-bond acceptors (Lipinski definition) is 3. The van der Waals surface area contributed by atoms with Crippen LogP contribution in [0.1, 0.15) is 31.7 Å². The molecule has 0 aliphatic carbocycles. The Balaban J connectivity index is 2.32. The van der Waals surface area contributed by atoms with Gasteiger partial charge in [-0.1, -0.05) is 44.2 Å². The van der Waals surface area contributed by atoms with E-state index in [-0.39, 0.29) is 12.3 Å². The molecule has 5 nitrogen and oxygen atoms in total. The van der Waals surface area contributed by atoms with Crippen molar-refractivity contribution in [2.75, 3.05) is 0 Å². The van der Waals surface area contributed by atoms with E-state index < -0.39 is 29.7 Å². The van der Waals surface area contributed by atoms with Crippen molar-refractivity contribution in [1.82, 2.24) is 4.90 Å². The van der Waals surface area contributed by atoms with Crippen LogP contribution in [0.2, 0.25) is 0 Å². The maximum Gasteiger partial charge on any atom is 0.327 e. The fraction of sp³-hybridized carbons (Fsp3) is 0.400. The van der Waals surface area contributed by atoms with Crippen molar-refractivity contribution < 1.29 is 19.5 Å². The van der Waals surface area contributed by atoms with Gasteiger partial charge in [0.2, 0.25) is 11.8 Å². The molecule has 1 aliphatic heterocycles. The minimum Gasteiger partial charge on any atom is -0.480 e. The molecule has 2 rings (SSSR count). The lowest BCUT2D eigenvalue weighted by atomic mass is 9.97. The van der Waals surface area contributed by atoms with Crippen molar-refractivity contribution in [1.29, 1.82) is 0 Å². The van der Waals surface area contributed by atoms with Gasteiger partial charge in [0.25, 0.3) is 0 Å². The number of amides is 2. The SMILES string of the molecule is CC(C)C(C(=O)O)N1C(=O)CC(c2ccccc2)C1=O. The molecule has 20 heavy (non-hydrogen) atoms. The standard InChI is InChI=1S/C15H17NO4/c1-9(2)13(15(19)20)16-12(17)8-11(14(16)18)10-6-4-3-5-7-10/h3-7,9,11,13H,8H2,1-2H3,(H,19,20). The molecule has 106 valence electrons. The number of carboxylic acid groups (broad SMARTS) is 1. The van der Waals surface area contributed by atoms with Crippen molar-refractivity contribution >= 4 is 17.8 Å². The fourth-order valence-corrected chi connectivity index (χ4v) is 2.58. The van der Waals surface area contributed by atoms with Gasteiger partial charge in [-0.3, -0.25) is 14.5 Å². The van der Waals surface area contributed by atoms with Crippen LogP contribution >= 0.6 is 0 Å². The van der Waals surface area contributed by atoms with Crippen molar-refractivity contribution in [3.8, 4) is 0 Å². The van der Waals surface area contributed by atoms with Crippen molar-refractivity contribution in [2.24, 2.45) is 5.92 Å². The largest absolute Gasteiger partial charge is 0.480 e. The molecule has 1 heterocycles. The molecule has 1 saturated heterocycles. The van der Waals surface area contributed by atoms with Crippen LogP contribution in [-0.2, 0) is 14.4 Å². The number of carbonyl (C=O) groups excluding carboxylic acids is 2.